The molecule has 0 radical (unpaired) electrons. The first-order chi connectivity index (χ1) is 47.4. The molecular formula is C63H104N16O18P2S2. The molecule has 2 aromatic rings. The number of carbonyl (C=O) groups is 11. The summed E-state index contributed by atoms with van der Waals surface area (Å²) in [6.07, 6.45) is 3.08. The van der Waals surface area contributed by atoms with Crippen LogP contribution in [0.1, 0.15) is 110 Å². The van der Waals surface area contributed by atoms with Crippen LogP contribution in [-0.4, -0.2) is 222 Å². The number of guanidine groups is 1. The predicted molar refractivity (Wildman–Crippen MR) is 383 cm³/mol. The summed E-state index contributed by atoms with van der Waals surface area (Å²) in [5.41, 5.74) is 27.0. The van der Waals surface area contributed by atoms with Crippen molar-refractivity contribution in [3.05, 3.63) is 65.7 Å². The Morgan fingerprint density at radius 3 is 1.50 bits per heavy atom. The van der Waals surface area contributed by atoms with Crippen molar-refractivity contribution in [1.82, 2.24) is 52.8 Å². The number of primary amides is 1. The van der Waals surface area contributed by atoms with Crippen LogP contribution in [0, 0.1) is 11.8 Å². The van der Waals surface area contributed by atoms with Crippen LogP contribution in [0.3, 0.4) is 0 Å². The maximum Gasteiger partial charge on any atom is 0.356 e. The lowest BCUT2D eigenvalue weighted by atomic mass is 9.98. The Balaban J connectivity index is 1.99. The molecule has 1 heterocycles. The molecule has 1 fully saturated rings. The third-order valence-electron chi connectivity index (χ3n) is 16.6. The molecule has 1 aliphatic heterocycles. The van der Waals surface area contributed by atoms with Crippen molar-refractivity contribution >= 4 is 115 Å². The van der Waals surface area contributed by atoms with E-state index in [1.54, 1.807) is 70.5 Å². The quantitative estimate of drug-likeness (QED) is 0.0132. The fourth-order valence-electron chi connectivity index (χ4n) is 10.7. The van der Waals surface area contributed by atoms with Crippen LogP contribution in [0.25, 0.3) is 0 Å². The number of aliphatic imine (C=N–C) groups is 1. The largest absolute Gasteiger partial charge is 0.391 e. The maximum atomic E-state index is 15.0. The number of rotatable bonds is 44. The first-order valence-corrected chi connectivity index (χ1v) is 39.2. The molecule has 3 rings (SSSR count). The number of carbonyl (C=O) groups excluding carboxylic acids is 11. The van der Waals surface area contributed by atoms with Crippen molar-refractivity contribution in [2.45, 2.75) is 190 Å². The molecule has 11 amide bonds. The Bertz CT molecular complexity index is 3240. The minimum absolute atomic E-state index is 0.00492. The second-order valence-corrected chi connectivity index (χ2v) is 31.0. The first-order valence-electron chi connectivity index (χ1n) is 33.1. The third kappa shape index (κ3) is 29.6. The van der Waals surface area contributed by atoms with E-state index in [4.69, 9.17) is 28.7 Å². The van der Waals surface area contributed by atoms with E-state index in [0.29, 0.717) is 30.7 Å². The van der Waals surface area contributed by atoms with Crippen molar-refractivity contribution < 1.29 is 86.6 Å². The van der Waals surface area contributed by atoms with Crippen molar-refractivity contribution in [1.29, 1.82) is 0 Å². The summed E-state index contributed by atoms with van der Waals surface area (Å²) in [4.78, 5) is 201. The lowest BCUT2D eigenvalue weighted by molar-refractivity contribution is -0.142. The Hall–Kier alpha value is -7.24. The van der Waals surface area contributed by atoms with Gasteiger partial charge in [-0.15, -0.1) is 0 Å². The first kappa shape index (κ1) is 88.0. The van der Waals surface area contributed by atoms with Crippen LogP contribution in [0.15, 0.2) is 59.6 Å². The van der Waals surface area contributed by atoms with Crippen LogP contribution in [0.5, 0.6) is 0 Å². The molecule has 0 bridgehead atoms. The highest BCUT2D eigenvalue weighted by Gasteiger charge is 2.46. The molecule has 13 atom stereocenters. The predicted octanol–water partition coefficient (Wildman–Crippen LogP) is -3.61. The summed E-state index contributed by atoms with van der Waals surface area (Å²) < 4.78 is 25.3. The molecule has 0 spiro atoms. The van der Waals surface area contributed by atoms with Crippen LogP contribution in [0.2, 0.25) is 0 Å². The molecule has 566 valence electrons. The summed E-state index contributed by atoms with van der Waals surface area (Å²) >= 11 is 2.62. The van der Waals surface area contributed by atoms with E-state index in [2.05, 4.69) is 52.8 Å². The van der Waals surface area contributed by atoms with Crippen LogP contribution >= 0.6 is 38.7 Å². The second kappa shape index (κ2) is 43.0. The van der Waals surface area contributed by atoms with Crippen LogP contribution in [0.4, 0.5) is 0 Å². The fourth-order valence-corrected chi connectivity index (χ4v) is 12.7. The van der Waals surface area contributed by atoms with E-state index in [-0.39, 0.29) is 87.0 Å². The van der Waals surface area contributed by atoms with Gasteiger partial charge in [0, 0.05) is 25.9 Å². The average Bonchev–Trinajstić information content (AvgIpc) is 1.72. The van der Waals surface area contributed by atoms with E-state index in [0.717, 1.165) is 24.0 Å². The van der Waals surface area contributed by atoms with Crippen molar-refractivity contribution in [3.8, 4) is 0 Å². The number of nitrogens with one attached hydrogen (secondary N) is 9. The van der Waals surface area contributed by atoms with Gasteiger partial charge in [0.2, 0.25) is 65.0 Å². The third-order valence-corrected chi connectivity index (χ3v) is 20.2. The minimum Gasteiger partial charge on any atom is -0.391 e. The number of amides is 11. The Labute approximate surface area is 596 Å². The number of benzene rings is 2. The molecule has 2 aromatic carbocycles. The molecule has 38 heteroatoms. The Morgan fingerprint density at radius 1 is 0.554 bits per heavy atom. The van der Waals surface area contributed by atoms with Gasteiger partial charge < -0.3 is 106 Å². The minimum atomic E-state index is -5.31. The Kier molecular flexibility index (Phi) is 37.5. The van der Waals surface area contributed by atoms with Gasteiger partial charge in [0.25, 0.3) is 0 Å². The average molecular weight is 1500 g/mol. The SMILES string of the molecule is CSCC[C@H](NC(=O)[C@H](Cc1ccccc1)NC(=O)[C@@H](N)CCCCN)C(=O)N[C@@H](CCSC)C(=O)N[C@H](C(=O)N1CCC[C@H]1C(=O)N[C@@H](Cc1ccc(P(=O)(O)O)cc1)C(=O)N[C@H](C(=O)N[C@H](C(=O)N[C@H](C(=O)N[C@@H](CCCN=C(N)N)C(N)=O)[C@@H](C)O)C(C)C)C(C)C)[C@@H](C)P(=O)(O)O. The van der Waals surface area contributed by atoms with Crippen molar-refractivity contribution in [3.63, 3.8) is 0 Å². The number of aliphatic hydroxyl groups excluding tert-OH is 1. The molecule has 101 heavy (non-hydrogen) atoms. The highest BCUT2D eigenvalue weighted by Crippen LogP contribution is 2.43. The van der Waals surface area contributed by atoms with Gasteiger partial charge >= 0.3 is 15.2 Å². The molecule has 0 aromatic heterocycles. The molecule has 0 aliphatic carbocycles. The summed E-state index contributed by atoms with van der Waals surface area (Å²) in [5.74, 6) is -11.4. The van der Waals surface area contributed by atoms with Gasteiger partial charge in [-0.1, -0.05) is 76.6 Å². The number of nitrogens with zero attached hydrogens (tertiary/aromatic N) is 2. The van der Waals surface area contributed by atoms with Gasteiger partial charge in [0.1, 0.15) is 60.4 Å². The fraction of sp³-hybridized carbons (Fsp3) is 0.619. The zero-order valence-electron chi connectivity index (χ0n) is 58.2. The summed E-state index contributed by atoms with van der Waals surface area (Å²) in [6, 6.07) is -2.66. The zero-order valence-corrected chi connectivity index (χ0v) is 61.6. The summed E-state index contributed by atoms with van der Waals surface area (Å²) in [6.45, 7) is 8.63. The molecule has 34 nitrogen and oxygen atoms in total. The number of likely N-dealkylation sites (tertiary alicyclic amines) is 1. The van der Waals surface area contributed by atoms with E-state index < -0.39 is 177 Å². The smallest absolute Gasteiger partial charge is 0.356 e. The van der Waals surface area contributed by atoms with Crippen LogP contribution < -0.4 is 81.8 Å². The summed E-state index contributed by atoms with van der Waals surface area (Å²) in [5, 5.41) is 33.4. The topological polar surface area (TPSA) is 577 Å². The summed E-state index contributed by atoms with van der Waals surface area (Å²) in [7, 11) is -10.1. The lowest BCUT2D eigenvalue weighted by Gasteiger charge is -2.33. The number of thioether (sulfide) groups is 2. The van der Waals surface area contributed by atoms with E-state index in [1.807, 2.05) is 0 Å². The molecular weight excluding hydrogens is 1390 g/mol. The highest BCUT2D eigenvalue weighted by atomic mass is 32.2. The Morgan fingerprint density at radius 2 is 1.01 bits per heavy atom. The highest BCUT2D eigenvalue weighted by molar-refractivity contribution is 7.98. The number of nitrogens with two attached hydrogens (primary N) is 5. The number of hydrogen-bond acceptors (Lipinski definition) is 19. The van der Waals surface area contributed by atoms with Gasteiger partial charge in [-0.3, -0.25) is 66.9 Å². The second-order valence-electron chi connectivity index (χ2n) is 25.4. The van der Waals surface area contributed by atoms with E-state index >= 15 is 0 Å². The van der Waals surface area contributed by atoms with Crippen molar-refractivity contribution in [2.75, 3.05) is 43.7 Å². The van der Waals surface area contributed by atoms with Gasteiger partial charge in [-0.05, 0) is 131 Å². The van der Waals surface area contributed by atoms with Gasteiger partial charge in [0.15, 0.2) is 5.96 Å². The van der Waals surface area contributed by atoms with Crippen molar-refractivity contribution in [2.24, 2.45) is 45.5 Å². The molecule has 1 saturated heterocycles. The van der Waals surface area contributed by atoms with E-state index in [1.165, 1.54) is 42.6 Å². The zero-order chi connectivity index (χ0) is 76.1. The molecule has 0 saturated carbocycles. The van der Waals surface area contributed by atoms with Gasteiger partial charge in [0.05, 0.1) is 23.1 Å². The normalized spacial score (nSPS) is 16.8. The monoisotopic (exact) mass is 1500 g/mol. The number of hydrogen-bond donors (Lipinski definition) is 19. The molecule has 1 aliphatic rings. The maximum absolute atomic E-state index is 15.0. The van der Waals surface area contributed by atoms with Gasteiger partial charge in [-0.2, -0.15) is 23.5 Å². The van der Waals surface area contributed by atoms with E-state index in [9.17, 15) is 86.6 Å². The standard InChI is InChI=1S/C63H104N16O18P2S2/c1-34(2)48(59(88)76-49(35(3)4)60(89)77-50(36(5)80)61(90)70-42(52(66)81)19-14-28-69-63(67)68)75-57(86)46(33-39-21-23-40(24-22-39)99(95,96)97)74-58(87)47-20-15-29-79(47)62(91)51(37(6)98(92,93)94)78-55(84)44(26-31-101-8)71-54(83)43(25-30-100-7)72-56(85)45(32-38-16-10-9-11-17-38)73-53(82)41(65)18-12-13-27-64/h9-11,16-17,21-24,34-37,41-51,80H,12-15,18-20,25-33,64-65H2,1-8H3,(H2,66,81)(H,70,90)(H,71,83)(H,72,85)(H,73,82)(H,74,87)(H,75,86)(H,76,88)(H,77,89)(H,78,84)(H4,67,68,69)(H2,92,93,94)(H2,95,96,97)/t36-,37-,41+,42+,43+,44+,45+,46+,47+,48+,49+,50+,51+/m1/s1. The van der Waals surface area contributed by atoms with Crippen LogP contribution in [-0.2, 0) is 74.7 Å². The number of unbranched alkanes of at least 4 members (excludes halogenated alkanes) is 1. The van der Waals surface area contributed by atoms with Gasteiger partial charge in [-0.25, -0.2) is 0 Å². The lowest BCUT2D eigenvalue weighted by Crippen LogP contribution is -2.63. The molecule has 0 unspecified atom stereocenters. The molecule has 24 N–H and O–H groups in total. The number of aliphatic hydroxyl groups is 1.